The zero-order chi connectivity index (χ0) is 18.4. The van der Waals surface area contributed by atoms with Crippen LogP contribution in [0.4, 0.5) is 10.5 Å². The van der Waals surface area contributed by atoms with Crippen molar-refractivity contribution in [3.8, 4) is 0 Å². The zero-order valence-corrected chi connectivity index (χ0v) is 17.1. The number of amides is 2. The lowest BCUT2D eigenvalue weighted by atomic mass is 10.1. The van der Waals surface area contributed by atoms with Crippen LogP contribution in [-0.4, -0.2) is 48.2 Å². The zero-order valence-electron chi connectivity index (χ0n) is 15.0. The fourth-order valence-electron chi connectivity index (χ4n) is 2.69. The first-order valence-electron chi connectivity index (χ1n) is 8.50. The molecule has 2 N–H and O–H groups in total. The van der Waals surface area contributed by atoms with Crippen molar-refractivity contribution in [1.82, 2.24) is 10.2 Å². The molecule has 0 aliphatic carbocycles. The van der Waals surface area contributed by atoms with Crippen molar-refractivity contribution in [2.24, 2.45) is 0 Å². The van der Waals surface area contributed by atoms with Crippen LogP contribution in [0.3, 0.4) is 0 Å². The van der Waals surface area contributed by atoms with Crippen molar-refractivity contribution in [2.75, 3.05) is 25.0 Å². The van der Waals surface area contributed by atoms with Crippen LogP contribution < -0.4 is 10.6 Å². The van der Waals surface area contributed by atoms with Crippen LogP contribution in [0.25, 0.3) is 0 Å². The van der Waals surface area contributed by atoms with Gasteiger partial charge in [0.1, 0.15) is 5.60 Å². The number of likely N-dealkylation sites (tertiary alicyclic amines) is 1. The number of hydrogen-bond donors (Lipinski definition) is 2. The average Bonchev–Trinajstić information content (AvgIpc) is 2.54. The Morgan fingerprint density at radius 1 is 1.32 bits per heavy atom. The predicted molar refractivity (Wildman–Crippen MR) is 107 cm³/mol. The maximum Gasteiger partial charge on any atom is 0.321 e. The fourth-order valence-corrected chi connectivity index (χ4v) is 3.21. The van der Waals surface area contributed by atoms with Gasteiger partial charge < -0.3 is 20.3 Å². The summed E-state index contributed by atoms with van der Waals surface area (Å²) in [6.45, 7) is 7.01. The number of rotatable bonds is 4. The van der Waals surface area contributed by atoms with Gasteiger partial charge in [0.15, 0.2) is 0 Å². The highest BCUT2D eigenvalue weighted by Crippen LogP contribution is 2.18. The third-order valence-electron chi connectivity index (χ3n) is 3.78. The van der Waals surface area contributed by atoms with E-state index in [1.54, 1.807) is 4.90 Å². The second kappa shape index (κ2) is 8.84. The van der Waals surface area contributed by atoms with Crippen LogP contribution in [-0.2, 0) is 9.53 Å². The molecule has 0 saturated carbocycles. The molecule has 0 radical (unpaired) electrons. The standard InChI is InChI=1S/C18H26IN3O3/c1-18(2,3)25-16(23)11-20-13-7-6-10-22(12-13)17(24)21-15-9-5-4-8-14(15)19/h4-5,8-9,13,20H,6-7,10-12H2,1-3H3,(H,21,24). The lowest BCUT2D eigenvalue weighted by Gasteiger charge is -2.33. The summed E-state index contributed by atoms with van der Waals surface area (Å²) in [5.74, 6) is -0.270. The van der Waals surface area contributed by atoms with Crippen LogP contribution in [0.15, 0.2) is 24.3 Å². The van der Waals surface area contributed by atoms with Gasteiger partial charge in [-0.05, 0) is 68.3 Å². The summed E-state index contributed by atoms with van der Waals surface area (Å²) in [6.07, 6.45) is 1.85. The first-order chi connectivity index (χ1) is 11.7. The molecule has 1 unspecified atom stereocenters. The Kier molecular flexibility index (Phi) is 7.06. The van der Waals surface area contributed by atoms with Crippen LogP contribution >= 0.6 is 22.6 Å². The molecule has 138 valence electrons. The van der Waals surface area contributed by atoms with Crippen LogP contribution in [0.1, 0.15) is 33.6 Å². The number of para-hydroxylation sites is 1. The van der Waals surface area contributed by atoms with Crippen molar-refractivity contribution >= 4 is 40.3 Å². The molecule has 0 bridgehead atoms. The monoisotopic (exact) mass is 459 g/mol. The molecular weight excluding hydrogens is 433 g/mol. The minimum Gasteiger partial charge on any atom is -0.459 e. The van der Waals surface area contributed by atoms with Gasteiger partial charge in [0.2, 0.25) is 0 Å². The Hall–Kier alpha value is -1.35. The van der Waals surface area contributed by atoms with E-state index in [0.29, 0.717) is 6.54 Å². The Morgan fingerprint density at radius 2 is 2.04 bits per heavy atom. The first kappa shape index (κ1) is 20.0. The number of nitrogens with one attached hydrogen (secondary N) is 2. The number of ether oxygens (including phenoxy) is 1. The first-order valence-corrected chi connectivity index (χ1v) is 9.58. The third-order valence-corrected chi connectivity index (χ3v) is 4.72. The highest BCUT2D eigenvalue weighted by Gasteiger charge is 2.25. The molecule has 7 heteroatoms. The lowest BCUT2D eigenvalue weighted by molar-refractivity contribution is -0.153. The summed E-state index contributed by atoms with van der Waals surface area (Å²) in [5, 5.41) is 6.16. The maximum absolute atomic E-state index is 12.5. The predicted octanol–water partition coefficient (Wildman–Crippen LogP) is 3.22. The smallest absolute Gasteiger partial charge is 0.321 e. The van der Waals surface area contributed by atoms with E-state index in [1.807, 2.05) is 45.0 Å². The number of carbonyl (C=O) groups excluding carboxylic acids is 2. The fraction of sp³-hybridized carbons (Fsp3) is 0.556. The molecule has 1 saturated heterocycles. The summed E-state index contributed by atoms with van der Waals surface area (Å²) < 4.78 is 6.30. The Morgan fingerprint density at radius 3 is 2.72 bits per heavy atom. The number of piperidine rings is 1. The van der Waals surface area contributed by atoms with Gasteiger partial charge in [0.25, 0.3) is 0 Å². The van der Waals surface area contributed by atoms with Gasteiger partial charge in [-0.15, -0.1) is 0 Å². The quantitative estimate of drug-likeness (QED) is 0.536. The van der Waals surface area contributed by atoms with Crippen molar-refractivity contribution in [1.29, 1.82) is 0 Å². The number of halogens is 1. The Balaban J connectivity index is 1.83. The van der Waals surface area contributed by atoms with Crippen molar-refractivity contribution in [3.63, 3.8) is 0 Å². The molecule has 25 heavy (non-hydrogen) atoms. The van der Waals surface area contributed by atoms with E-state index >= 15 is 0 Å². The lowest BCUT2D eigenvalue weighted by Crippen LogP contribution is -2.50. The molecule has 1 aromatic carbocycles. The van der Waals surface area contributed by atoms with Gasteiger partial charge >= 0.3 is 12.0 Å². The molecule has 1 aliphatic heterocycles. The summed E-state index contributed by atoms with van der Waals surface area (Å²) in [7, 11) is 0. The minimum atomic E-state index is -0.482. The summed E-state index contributed by atoms with van der Waals surface area (Å²) >= 11 is 2.20. The molecule has 1 aromatic rings. The largest absolute Gasteiger partial charge is 0.459 e. The van der Waals surface area contributed by atoms with Gasteiger partial charge in [0, 0.05) is 22.7 Å². The SMILES string of the molecule is CC(C)(C)OC(=O)CNC1CCCN(C(=O)Nc2ccccc2I)C1. The molecule has 2 rings (SSSR count). The third kappa shape index (κ3) is 6.81. The van der Waals surface area contributed by atoms with E-state index < -0.39 is 5.60 Å². The van der Waals surface area contributed by atoms with Gasteiger partial charge in [-0.3, -0.25) is 4.79 Å². The number of hydrogen-bond acceptors (Lipinski definition) is 4. The van der Waals surface area contributed by atoms with E-state index in [2.05, 4.69) is 33.2 Å². The van der Waals surface area contributed by atoms with Gasteiger partial charge in [-0.2, -0.15) is 0 Å². The summed E-state index contributed by atoms with van der Waals surface area (Å²) in [6, 6.07) is 7.68. The number of benzene rings is 1. The normalized spacial score (nSPS) is 17.9. The second-order valence-electron chi connectivity index (χ2n) is 7.16. The molecule has 2 amide bonds. The number of esters is 1. The number of urea groups is 1. The van der Waals surface area contributed by atoms with E-state index in [-0.39, 0.29) is 24.6 Å². The van der Waals surface area contributed by atoms with Gasteiger partial charge in [-0.25, -0.2) is 4.79 Å². The van der Waals surface area contributed by atoms with Crippen LogP contribution in [0, 0.1) is 3.57 Å². The summed E-state index contributed by atoms with van der Waals surface area (Å²) in [5.41, 5.74) is 0.335. The Labute approximate surface area is 162 Å². The second-order valence-corrected chi connectivity index (χ2v) is 8.32. The molecule has 0 spiro atoms. The average molecular weight is 459 g/mol. The van der Waals surface area contributed by atoms with E-state index in [4.69, 9.17) is 4.74 Å². The van der Waals surface area contributed by atoms with E-state index in [0.717, 1.165) is 28.6 Å². The van der Waals surface area contributed by atoms with Crippen molar-refractivity contribution in [3.05, 3.63) is 27.8 Å². The minimum absolute atomic E-state index is 0.0989. The molecule has 1 atom stereocenters. The topological polar surface area (TPSA) is 70.7 Å². The van der Waals surface area contributed by atoms with Gasteiger partial charge in [-0.1, -0.05) is 12.1 Å². The molecule has 6 nitrogen and oxygen atoms in total. The highest BCUT2D eigenvalue weighted by molar-refractivity contribution is 14.1. The van der Waals surface area contributed by atoms with Crippen LogP contribution in [0.2, 0.25) is 0 Å². The summed E-state index contributed by atoms with van der Waals surface area (Å²) in [4.78, 5) is 26.1. The molecule has 0 aromatic heterocycles. The molecular formula is C18H26IN3O3. The van der Waals surface area contributed by atoms with Crippen LogP contribution in [0.5, 0.6) is 0 Å². The maximum atomic E-state index is 12.5. The number of nitrogens with zero attached hydrogens (tertiary/aromatic N) is 1. The van der Waals surface area contributed by atoms with Crippen molar-refractivity contribution < 1.29 is 14.3 Å². The Bertz CT molecular complexity index is 616. The van der Waals surface area contributed by atoms with Crippen molar-refractivity contribution in [2.45, 2.75) is 45.3 Å². The van der Waals surface area contributed by atoms with E-state index in [1.165, 1.54) is 0 Å². The highest BCUT2D eigenvalue weighted by atomic mass is 127. The molecule has 1 heterocycles. The molecule has 1 fully saturated rings. The van der Waals surface area contributed by atoms with Gasteiger partial charge in [0.05, 0.1) is 12.2 Å². The number of carbonyl (C=O) groups is 2. The van der Waals surface area contributed by atoms with E-state index in [9.17, 15) is 9.59 Å². The molecule has 1 aliphatic rings. The number of anilines is 1.